The zero-order chi connectivity index (χ0) is 18.6. The van der Waals surface area contributed by atoms with Gasteiger partial charge in [-0.25, -0.2) is 0 Å². The minimum absolute atomic E-state index is 0.0223. The van der Waals surface area contributed by atoms with Crippen molar-refractivity contribution < 1.29 is 10.2 Å². The molecule has 0 heterocycles. The predicted molar refractivity (Wildman–Crippen MR) is 106 cm³/mol. The van der Waals surface area contributed by atoms with Crippen molar-refractivity contribution in [2.24, 2.45) is 0 Å². The average Bonchev–Trinajstić information content (AvgIpc) is 2.55. The second kappa shape index (κ2) is 8.42. The molecule has 0 aliphatic heterocycles. The van der Waals surface area contributed by atoms with E-state index in [1.165, 1.54) is 19.3 Å². The van der Waals surface area contributed by atoms with Crippen LogP contribution < -0.4 is 0 Å². The zero-order valence-electron chi connectivity index (χ0n) is 16.3. The van der Waals surface area contributed by atoms with Crippen molar-refractivity contribution in [2.45, 2.75) is 72.6 Å². The Hall–Kier alpha value is -1.96. The molecule has 0 spiro atoms. The van der Waals surface area contributed by atoms with Crippen LogP contribution in [0.25, 0.3) is 0 Å². The summed E-state index contributed by atoms with van der Waals surface area (Å²) in [5, 5.41) is 21.4. The van der Waals surface area contributed by atoms with Crippen molar-refractivity contribution in [1.29, 1.82) is 0 Å². The maximum atomic E-state index is 10.7. The van der Waals surface area contributed by atoms with E-state index in [9.17, 15) is 10.2 Å². The Bertz CT molecular complexity index is 674. The molecule has 0 amide bonds. The number of benzene rings is 2. The molecule has 2 N–H and O–H groups in total. The van der Waals surface area contributed by atoms with E-state index >= 15 is 0 Å². The van der Waals surface area contributed by atoms with Crippen LogP contribution in [0.4, 0.5) is 0 Å². The summed E-state index contributed by atoms with van der Waals surface area (Å²) in [7, 11) is 0. The Kier molecular flexibility index (Phi) is 6.52. The first-order chi connectivity index (χ1) is 11.8. The number of rotatable bonds is 7. The largest absolute Gasteiger partial charge is 0.507 e. The Morgan fingerprint density at radius 2 is 1.20 bits per heavy atom. The van der Waals surface area contributed by atoms with Crippen molar-refractivity contribution >= 4 is 0 Å². The van der Waals surface area contributed by atoms with Gasteiger partial charge in [-0.15, -0.1) is 0 Å². The van der Waals surface area contributed by atoms with Gasteiger partial charge in [0.2, 0.25) is 0 Å². The Labute approximate surface area is 152 Å². The molecule has 2 heteroatoms. The van der Waals surface area contributed by atoms with Crippen molar-refractivity contribution in [3.63, 3.8) is 0 Å². The summed E-state index contributed by atoms with van der Waals surface area (Å²) in [5.41, 5.74) is 5.97. The molecule has 0 fully saturated rings. The van der Waals surface area contributed by atoms with E-state index in [4.69, 9.17) is 0 Å². The van der Waals surface area contributed by atoms with Crippen molar-refractivity contribution in [2.75, 3.05) is 0 Å². The molecule has 2 aromatic carbocycles. The van der Waals surface area contributed by atoms with Crippen LogP contribution in [0.2, 0.25) is 0 Å². The molecule has 2 nitrogen and oxygen atoms in total. The van der Waals surface area contributed by atoms with Crippen LogP contribution in [0.5, 0.6) is 11.5 Å². The minimum atomic E-state index is 0.0223. The van der Waals surface area contributed by atoms with E-state index in [-0.39, 0.29) is 5.92 Å². The van der Waals surface area contributed by atoms with E-state index in [1.807, 2.05) is 26.0 Å². The quantitative estimate of drug-likeness (QED) is 0.570. The average molecular weight is 341 g/mol. The van der Waals surface area contributed by atoms with Gasteiger partial charge in [-0.05, 0) is 45.2 Å². The molecule has 136 valence electrons. The number of aryl methyl sites for hydroxylation is 4. The van der Waals surface area contributed by atoms with Crippen molar-refractivity contribution in [1.82, 2.24) is 0 Å². The molecule has 0 unspecified atom stereocenters. The van der Waals surface area contributed by atoms with E-state index in [1.54, 1.807) is 0 Å². The lowest BCUT2D eigenvalue weighted by Crippen LogP contribution is -2.05. The molecule has 0 aromatic heterocycles. The lowest BCUT2D eigenvalue weighted by atomic mass is 9.83. The maximum absolute atomic E-state index is 10.7. The molecular formula is C23H32O2. The summed E-state index contributed by atoms with van der Waals surface area (Å²) in [4.78, 5) is 0. The summed E-state index contributed by atoms with van der Waals surface area (Å²) in [5.74, 6) is 0.753. The highest BCUT2D eigenvalue weighted by atomic mass is 16.3. The second-order valence-corrected chi connectivity index (χ2v) is 7.44. The highest BCUT2D eigenvalue weighted by Crippen LogP contribution is 2.42. The van der Waals surface area contributed by atoms with Gasteiger partial charge in [-0.3, -0.25) is 0 Å². The van der Waals surface area contributed by atoms with Crippen LogP contribution in [0.15, 0.2) is 24.3 Å². The molecule has 0 aliphatic carbocycles. The molecule has 0 bridgehead atoms. The van der Waals surface area contributed by atoms with Gasteiger partial charge in [0.25, 0.3) is 0 Å². The summed E-state index contributed by atoms with van der Waals surface area (Å²) < 4.78 is 0. The van der Waals surface area contributed by atoms with E-state index < -0.39 is 0 Å². The first-order valence-corrected chi connectivity index (χ1v) is 9.45. The molecule has 0 saturated heterocycles. The summed E-state index contributed by atoms with van der Waals surface area (Å²) >= 11 is 0. The second-order valence-electron chi connectivity index (χ2n) is 7.44. The molecule has 0 radical (unpaired) electrons. The van der Waals surface area contributed by atoms with Gasteiger partial charge in [-0.1, -0.05) is 68.0 Å². The normalized spacial score (nSPS) is 11.3. The summed E-state index contributed by atoms with van der Waals surface area (Å²) in [6.07, 6.45) is 5.65. The smallest absolute Gasteiger partial charge is 0.122 e. The fourth-order valence-corrected chi connectivity index (χ4v) is 3.77. The van der Waals surface area contributed by atoms with Gasteiger partial charge < -0.3 is 10.2 Å². The Balaban J connectivity index is 2.51. The van der Waals surface area contributed by atoms with E-state index in [2.05, 4.69) is 32.9 Å². The SMILES string of the molecule is CCCCCCC(c1cc(C)cc(C)c1O)c1cc(C)cc(C)c1O. The third kappa shape index (κ3) is 4.56. The van der Waals surface area contributed by atoms with E-state index in [0.29, 0.717) is 11.5 Å². The highest BCUT2D eigenvalue weighted by molar-refractivity contribution is 5.53. The summed E-state index contributed by atoms with van der Waals surface area (Å²) in [6.45, 7) is 10.2. The number of unbranched alkanes of at least 4 members (excludes halogenated alkanes) is 3. The Morgan fingerprint density at radius 1 is 0.720 bits per heavy atom. The number of hydrogen-bond acceptors (Lipinski definition) is 2. The highest BCUT2D eigenvalue weighted by Gasteiger charge is 2.23. The minimum Gasteiger partial charge on any atom is -0.507 e. The number of aromatic hydroxyl groups is 2. The van der Waals surface area contributed by atoms with Crippen molar-refractivity contribution in [3.8, 4) is 11.5 Å². The third-order valence-corrected chi connectivity index (χ3v) is 5.05. The van der Waals surface area contributed by atoms with Gasteiger partial charge in [-0.2, -0.15) is 0 Å². The number of phenols is 2. The predicted octanol–water partition coefficient (Wildman–Crippen LogP) is 6.43. The lowest BCUT2D eigenvalue weighted by molar-refractivity contribution is 0.443. The van der Waals surface area contributed by atoms with E-state index in [0.717, 1.165) is 46.2 Å². The van der Waals surface area contributed by atoms with Gasteiger partial charge in [0.1, 0.15) is 11.5 Å². The van der Waals surface area contributed by atoms with Crippen LogP contribution >= 0.6 is 0 Å². The van der Waals surface area contributed by atoms with Gasteiger partial charge in [0.05, 0.1) is 0 Å². The molecule has 25 heavy (non-hydrogen) atoms. The van der Waals surface area contributed by atoms with Gasteiger partial charge in [0, 0.05) is 17.0 Å². The fraction of sp³-hybridized carbons (Fsp3) is 0.478. The maximum Gasteiger partial charge on any atom is 0.122 e. The van der Waals surface area contributed by atoms with Crippen LogP contribution in [0.1, 0.15) is 78.3 Å². The Morgan fingerprint density at radius 3 is 1.64 bits per heavy atom. The molecule has 2 rings (SSSR count). The standard InChI is InChI=1S/C23H32O2/c1-6-7-8-9-10-19(20-13-15(2)11-17(4)22(20)24)21-14-16(3)12-18(5)23(21)25/h11-14,19,24-25H,6-10H2,1-5H3. The third-order valence-electron chi connectivity index (χ3n) is 5.05. The van der Waals surface area contributed by atoms with Crippen LogP contribution in [0, 0.1) is 27.7 Å². The number of phenolic OH excluding ortho intramolecular Hbond substituents is 2. The zero-order valence-corrected chi connectivity index (χ0v) is 16.3. The molecule has 0 atom stereocenters. The lowest BCUT2D eigenvalue weighted by Gasteiger charge is -2.23. The first-order valence-electron chi connectivity index (χ1n) is 9.45. The van der Waals surface area contributed by atoms with Gasteiger partial charge >= 0.3 is 0 Å². The van der Waals surface area contributed by atoms with Crippen LogP contribution in [0.3, 0.4) is 0 Å². The first kappa shape index (κ1) is 19.4. The van der Waals surface area contributed by atoms with Crippen LogP contribution in [-0.4, -0.2) is 10.2 Å². The molecule has 0 saturated carbocycles. The molecular weight excluding hydrogens is 308 g/mol. The van der Waals surface area contributed by atoms with Crippen LogP contribution in [-0.2, 0) is 0 Å². The molecule has 0 aliphatic rings. The van der Waals surface area contributed by atoms with Crippen molar-refractivity contribution in [3.05, 3.63) is 57.6 Å². The summed E-state index contributed by atoms with van der Waals surface area (Å²) in [6, 6.07) is 8.16. The monoisotopic (exact) mass is 340 g/mol. The topological polar surface area (TPSA) is 40.5 Å². The van der Waals surface area contributed by atoms with Gasteiger partial charge in [0.15, 0.2) is 0 Å². The number of hydrogen-bond donors (Lipinski definition) is 2. The molecule has 2 aromatic rings. The fourth-order valence-electron chi connectivity index (χ4n) is 3.77.